The number of hydrazone groups is 1. The lowest BCUT2D eigenvalue weighted by molar-refractivity contribution is -0.132. The first-order chi connectivity index (χ1) is 12.8. The average molecular weight is 385 g/mol. The molecule has 0 radical (unpaired) electrons. The third kappa shape index (κ3) is 4.54. The zero-order valence-electron chi connectivity index (χ0n) is 15.6. The first-order valence-electron chi connectivity index (χ1n) is 8.81. The Kier molecular flexibility index (Phi) is 5.32. The van der Waals surface area contributed by atoms with Crippen LogP contribution in [0.4, 0.5) is 5.69 Å². The molecule has 1 aliphatic rings. The van der Waals surface area contributed by atoms with Gasteiger partial charge in [-0.1, -0.05) is 48.9 Å². The highest BCUT2D eigenvalue weighted by molar-refractivity contribution is 7.92. The number of sulfonamides is 1. The van der Waals surface area contributed by atoms with Crippen LogP contribution in [0.1, 0.15) is 42.5 Å². The SMILES string of the molecule is CCC(=O)N1N=C(c2ccc(NS(C)(=O)=O)cc2)C[C@@H]1c1ccc(C)cc1. The van der Waals surface area contributed by atoms with Crippen molar-refractivity contribution in [1.82, 2.24) is 5.01 Å². The normalized spacial score (nSPS) is 16.9. The highest BCUT2D eigenvalue weighted by Gasteiger charge is 2.32. The van der Waals surface area contributed by atoms with Gasteiger partial charge in [-0.05, 0) is 30.2 Å². The van der Waals surface area contributed by atoms with Gasteiger partial charge in [-0.25, -0.2) is 13.4 Å². The summed E-state index contributed by atoms with van der Waals surface area (Å²) in [5.74, 6) is -0.0223. The molecular formula is C20H23N3O3S. The molecule has 1 atom stereocenters. The van der Waals surface area contributed by atoms with Crippen LogP contribution in [-0.4, -0.2) is 31.3 Å². The summed E-state index contributed by atoms with van der Waals surface area (Å²) in [5, 5.41) is 6.15. The van der Waals surface area contributed by atoms with Gasteiger partial charge in [-0.15, -0.1) is 0 Å². The number of nitrogens with zero attached hydrogens (tertiary/aromatic N) is 2. The summed E-state index contributed by atoms with van der Waals surface area (Å²) in [6, 6.07) is 15.1. The van der Waals surface area contributed by atoms with Crippen LogP contribution in [0, 0.1) is 6.92 Å². The molecule has 7 heteroatoms. The number of anilines is 1. The summed E-state index contributed by atoms with van der Waals surface area (Å²) in [6.45, 7) is 3.86. The zero-order chi connectivity index (χ0) is 19.6. The summed E-state index contributed by atoms with van der Waals surface area (Å²) in [5.41, 5.74) is 4.40. The fourth-order valence-corrected chi connectivity index (χ4v) is 3.63. The quantitative estimate of drug-likeness (QED) is 0.856. The predicted molar refractivity (Wildman–Crippen MR) is 107 cm³/mol. The molecule has 0 aliphatic carbocycles. The molecule has 0 unspecified atom stereocenters. The molecule has 0 bridgehead atoms. The standard InChI is InChI=1S/C20H23N3O3S/c1-4-20(24)23-19(16-7-5-14(2)6-8-16)13-18(21-23)15-9-11-17(12-10-15)22-27(3,25)26/h5-12,19,22H,4,13H2,1-3H3/t19-/m1/s1. The highest BCUT2D eigenvalue weighted by atomic mass is 32.2. The minimum Gasteiger partial charge on any atom is -0.284 e. The van der Waals surface area contributed by atoms with Gasteiger partial charge in [0, 0.05) is 18.5 Å². The minimum atomic E-state index is -3.31. The van der Waals surface area contributed by atoms with E-state index in [0.717, 1.165) is 23.1 Å². The average Bonchev–Trinajstić information content (AvgIpc) is 3.06. The minimum absolute atomic E-state index is 0.0223. The van der Waals surface area contributed by atoms with Gasteiger partial charge in [0.15, 0.2) is 0 Å². The summed E-state index contributed by atoms with van der Waals surface area (Å²) in [7, 11) is -3.31. The number of nitrogens with one attached hydrogen (secondary N) is 1. The number of hydrogen-bond donors (Lipinski definition) is 1. The van der Waals surface area contributed by atoms with E-state index in [4.69, 9.17) is 0 Å². The highest BCUT2D eigenvalue weighted by Crippen LogP contribution is 2.33. The lowest BCUT2D eigenvalue weighted by atomic mass is 9.97. The van der Waals surface area contributed by atoms with E-state index >= 15 is 0 Å². The van der Waals surface area contributed by atoms with Gasteiger partial charge in [0.25, 0.3) is 0 Å². The molecule has 1 N–H and O–H groups in total. The van der Waals surface area contributed by atoms with Crippen molar-refractivity contribution >= 4 is 27.3 Å². The van der Waals surface area contributed by atoms with Crippen LogP contribution in [0.25, 0.3) is 0 Å². The molecule has 142 valence electrons. The van der Waals surface area contributed by atoms with Gasteiger partial charge in [-0.3, -0.25) is 9.52 Å². The number of carbonyl (C=O) groups excluding carboxylic acids is 1. The molecule has 2 aromatic carbocycles. The van der Waals surface area contributed by atoms with Crippen molar-refractivity contribution in [1.29, 1.82) is 0 Å². The van der Waals surface area contributed by atoms with Crippen LogP contribution >= 0.6 is 0 Å². The van der Waals surface area contributed by atoms with Crippen molar-refractivity contribution in [2.75, 3.05) is 11.0 Å². The Morgan fingerprint density at radius 3 is 2.33 bits per heavy atom. The molecular weight excluding hydrogens is 362 g/mol. The second kappa shape index (κ2) is 7.52. The number of carbonyl (C=O) groups is 1. The van der Waals surface area contributed by atoms with E-state index in [9.17, 15) is 13.2 Å². The van der Waals surface area contributed by atoms with Crippen LogP contribution in [0.5, 0.6) is 0 Å². The molecule has 3 rings (SSSR count). The Bertz CT molecular complexity index is 965. The molecule has 0 saturated heterocycles. The fourth-order valence-electron chi connectivity index (χ4n) is 3.07. The molecule has 2 aromatic rings. The van der Waals surface area contributed by atoms with Crippen molar-refractivity contribution in [3.8, 4) is 0 Å². The van der Waals surface area contributed by atoms with Gasteiger partial charge in [0.2, 0.25) is 15.9 Å². The number of rotatable bonds is 5. The van der Waals surface area contributed by atoms with Crippen molar-refractivity contribution < 1.29 is 13.2 Å². The predicted octanol–water partition coefficient (Wildman–Crippen LogP) is 3.45. The van der Waals surface area contributed by atoms with E-state index in [2.05, 4.69) is 9.82 Å². The maximum Gasteiger partial charge on any atom is 0.242 e. The lowest BCUT2D eigenvalue weighted by Crippen LogP contribution is -2.26. The van der Waals surface area contributed by atoms with E-state index in [0.29, 0.717) is 18.5 Å². The Balaban J connectivity index is 1.87. The van der Waals surface area contributed by atoms with Gasteiger partial charge in [-0.2, -0.15) is 5.10 Å². The van der Waals surface area contributed by atoms with E-state index in [1.165, 1.54) is 5.56 Å². The summed E-state index contributed by atoms with van der Waals surface area (Å²) in [4.78, 5) is 12.4. The topological polar surface area (TPSA) is 78.8 Å². The molecule has 1 aliphatic heterocycles. The summed E-state index contributed by atoms with van der Waals surface area (Å²) in [6.07, 6.45) is 2.12. The van der Waals surface area contributed by atoms with Crippen LogP contribution in [-0.2, 0) is 14.8 Å². The third-order valence-electron chi connectivity index (χ3n) is 4.45. The molecule has 0 fully saturated rings. The van der Waals surface area contributed by atoms with Gasteiger partial charge < -0.3 is 0 Å². The van der Waals surface area contributed by atoms with Gasteiger partial charge in [0.05, 0.1) is 18.0 Å². The maximum atomic E-state index is 12.4. The van der Waals surface area contributed by atoms with Gasteiger partial charge in [0.1, 0.15) is 0 Å². The second-order valence-corrected chi connectivity index (χ2v) is 8.47. The van der Waals surface area contributed by atoms with Crippen molar-refractivity contribution in [2.45, 2.75) is 32.7 Å². The molecule has 27 heavy (non-hydrogen) atoms. The van der Waals surface area contributed by atoms with E-state index in [1.54, 1.807) is 17.1 Å². The molecule has 0 saturated carbocycles. The van der Waals surface area contributed by atoms with Crippen molar-refractivity contribution in [3.63, 3.8) is 0 Å². The molecule has 1 heterocycles. The number of benzene rings is 2. The number of amides is 1. The van der Waals surface area contributed by atoms with Crippen LogP contribution in [0.15, 0.2) is 53.6 Å². The first kappa shape index (κ1) is 19.1. The summed E-state index contributed by atoms with van der Waals surface area (Å²) >= 11 is 0. The fraction of sp³-hybridized carbons (Fsp3) is 0.300. The zero-order valence-corrected chi connectivity index (χ0v) is 16.5. The Hall–Kier alpha value is -2.67. The summed E-state index contributed by atoms with van der Waals surface area (Å²) < 4.78 is 25.1. The van der Waals surface area contributed by atoms with Crippen molar-refractivity contribution in [3.05, 3.63) is 65.2 Å². The Morgan fingerprint density at radius 2 is 1.78 bits per heavy atom. The monoisotopic (exact) mass is 385 g/mol. The van der Waals surface area contributed by atoms with E-state index in [1.807, 2.05) is 50.2 Å². The molecule has 1 amide bonds. The molecule has 6 nitrogen and oxygen atoms in total. The van der Waals surface area contributed by atoms with Crippen molar-refractivity contribution in [2.24, 2.45) is 5.10 Å². The smallest absolute Gasteiger partial charge is 0.242 e. The second-order valence-electron chi connectivity index (χ2n) is 6.72. The van der Waals surface area contributed by atoms with Crippen LogP contribution in [0.3, 0.4) is 0 Å². The van der Waals surface area contributed by atoms with Gasteiger partial charge >= 0.3 is 0 Å². The van der Waals surface area contributed by atoms with Crippen LogP contribution in [0.2, 0.25) is 0 Å². The Labute approximate surface area is 159 Å². The van der Waals surface area contributed by atoms with E-state index in [-0.39, 0.29) is 11.9 Å². The Morgan fingerprint density at radius 1 is 1.15 bits per heavy atom. The first-order valence-corrected chi connectivity index (χ1v) is 10.7. The lowest BCUT2D eigenvalue weighted by Gasteiger charge is -2.21. The van der Waals surface area contributed by atoms with E-state index < -0.39 is 10.0 Å². The number of aryl methyl sites for hydroxylation is 1. The molecule has 0 aromatic heterocycles. The number of hydrogen-bond acceptors (Lipinski definition) is 4. The maximum absolute atomic E-state index is 12.4. The van der Waals surface area contributed by atoms with Crippen LogP contribution < -0.4 is 4.72 Å². The third-order valence-corrected chi connectivity index (χ3v) is 5.06. The molecule has 0 spiro atoms. The largest absolute Gasteiger partial charge is 0.284 e.